The Balaban J connectivity index is 1.31. The highest BCUT2D eigenvalue weighted by molar-refractivity contribution is 5.79. The zero-order valence-electron chi connectivity index (χ0n) is 17.6. The third-order valence-corrected chi connectivity index (χ3v) is 6.45. The van der Waals surface area contributed by atoms with Gasteiger partial charge in [-0.2, -0.15) is 0 Å². The number of likely N-dealkylation sites (tertiary alicyclic amines) is 1. The van der Waals surface area contributed by atoms with Gasteiger partial charge in [0.05, 0.1) is 12.5 Å². The number of nitrogens with one attached hydrogen (secondary N) is 1. The molecule has 7 heteroatoms. The fourth-order valence-electron chi connectivity index (χ4n) is 4.76. The van der Waals surface area contributed by atoms with Gasteiger partial charge in [0.2, 0.25) is 18.6 Å². The number of para-hydroxylation sites is 1. The van der Waals surface area contributed by atoms with E-state index < -0.39 is 0 Å². The summed E-state index contributed by atoms with van der Waals surface area (Å²) in [4.78, 5) is 26.5. The lowest BCUT2D eigenvalue weighted by atomic mass is 9.80. The summed E-state index contributed by atoms with van der Waals surface area (Å²) in [5, 5.41) is 3.23. The Morgan fingerprint density at radius 2 is 1.84 bits per heavy atom. The van der Waals surface area contributed by atoms with Gasteiger partial charge in [-0.05, 0) is 23.8 Å². The molecule has 3 aliphatic rings. The Kier molecular flexibility index (Phi) is 4.96. The van der Waals surface area contributed by atoms with Crippen LogP contribution in [0.15, 0.2) is 42.5 Å². The number of nitrogens with zero attached hydrogens (tertiary/aromatic N) is 1. The lowest BCUT2D eigenvalue weighted by Gasteiger charge is -2.46. The van der Waals surface area contributed by atoms with E-state index in [1.165, 1.54) is 0 Å². The van der Waals surface area contributed by atoms with Gasteiger partial charge < -0.3 is 24.4 Å². The second kappa shape index (κ2) is 7.80. The largest absolute Gasteiger partial charge is 0.487 e. The van der Waals surface area contributed by atoms with Crippen LogP contribution >= 0.6 is 0 Å². The third-order valence-electron chi connectivity index (χ3n) is 6.45. The van der Waals surface area contributed by atoms with Crippen molar-refractivity contribution < 1.29 is 23.8 Å². The molecular weight excluding hydrogens is 396 g/mol. The van der Waals surface area contributed by atoms with Gasteiger partial charge in [-0.25, -0.2) is 0 Å². The Morgan fingerprint density at radius 1 is 1.06 bits per heavy atom. The molecule has 2 amide bonds. The number of hydrogen-bond donors (Lipinski definition) is 1. The van der Waals surface area contributed by atoms with Crippen LogP contribution in [0.25, 0.3) is 0 Å². The van der Waals surface area contributed by atoms with E-state index in [1.54, 1.807) is 6.92 Å². The van der Waals surface area contributed by atoms with Gasteiger partial charge >= 0.3 is 0 Å². The maximum atomic E-state index is 12.9. The number of rotatable bonds is 3. The number of amides is 2. The highest BCUT2D eigenvalue weighted by Gasteiger charge is 2.44. The summed E-state index contributed by atoms with van der Waals surface area (Å²) in [6.45, 7) is 3.17. The molecule has 1 fully saturated rings. The molecule has 1 N–H and O–H groups in total. The Labute approximate surface area is 181 Å². The first-order valence-electron chi connectivity index (χ1n) is 10.7. The average Bonchev–Trinajstić information content (AvgIpc) is 3.22. The predicted octanol–water partition coefficient (Wildman–Crippen LogP) is 2.98. The summed E-state index contributed by atoms with van der Waals surface area (Å²) >= 11 is 0. The van der Waals surface area contributed by atoms with Crippen LogP contribution in [-0.4, -0.2) is 42.2 Å². The quantitative estimate of drug-likeness (QED) is 0.823. The number of hydrogen-bond acceptors (Lipinski definition) is 5. The molecule has 0 radical (unpaired) electrons. The molecule has 0 aromatic heterocycles. The third kappa shape index (κ3) is 3.92. The van der Waals surface area contributed by atoms with E-state index in [9.17, 15) is 9.59 Å². The minimum absolute atomic E-state index is 0.0445. The second-order valence-corrected chi connectivity index (χ2v) is 8.52. The average molecular weight is 422 g/mol. The zero-order valence-corrected chi connectivity index (χ0v) is 17.6. The zero-order chi connectivity index (χ0) is 21.4. The number of ether oxygens (including phenoxy) is 3. The Hall–Kier alpha value is -3.22. The summed E-state index contributed by atoms with van der Waals surface area (Å²) in [6, 6.07) is 13.4. The van der Waals surface area contributed by atoms with Gasteiger partial charge in [0.25, 0.3) is 0 Å². The molecule has 7 nitrogen and oxygen atoms in total. The normalized spacial score (nSPS) is 20.7. The van der Waals surface area contributed by atoms with Gasteiger partial charge in [0, 0.05) is 44.8 Å². The molecule has 3 aliphatic heterocycles. The van der Waals surface area contributed by atoms with Crippen LogP contribution in [-0.2, 0) is 16.0 Å². The van der Waals surface area contributed by atoms with Gasteiger partial charge in [0.15, 0.2) is 11.5 Å². The molecule has 2 aromatic carbocycles. The summed E-state index contributed by atoms with van der Waals surface area (Å²) in [5.74, 6) is 2.26. The lowest BCUT2D eigenvalue weighted by molar-refractivity contribution is -0.133. The van der Waals surface area contributed by atoms with Crippen molar-refractivity contribution in [2.45, 2.75) is 44.2 Å². The molecule has 1 saturated heterocycles. The number of carbonyl (C=O) groups excluding carboxylic acids is 2. The molecule has 162 valence electrons. The molecule has 1 spiro atoms. The summed E-state index contributed by atoms with van der Waals surface area (Å²) in [6.07, 6.45) is 2.48. The van der Waals surface area contributed by atoms with E-state index in [0.717, 1.165) is 29.7 Å². The SMILES string of the molecule is CC(=O)N1CCC2(CC1)CC(NC(=O)Cc1ccc3c(c1)OCO3)c1ccccc1O2. The summed E-state index contributed by atoms with van der Waals surface area (Å²) < 4.78 is 17.2. The fourth-order valence-corrected chi connectivity index (χ4v) is 4.76. The Bertz CT molecular complexity index is 1010. The Morgan fingerprint density at radius 3 is 2.65 bits per heavy atom. The van der Waals surface area contributed by atoms with E-state index in [4.69, 9.17) is 14.2 Å². The summed E-state index contributed by atoms with van der Waals surface area (Å²) in [7, 11) is 0. The van der Waals surface area contributed by atoms with E-state index in [-0.39, 0.29) is 36.7 Å². The predicted molar refractivity (Wildman–Crippen MR) is 113 cm³/mol. The first-order chi connectivity index (χ1) is 15.0. The van der Waals surface area contributed by atoms with Gasteiger partial charge in [-0.1, -0.05) is 24.3 Å². The van der Waals surface area contributed by atoms with E-state index in [0.29, 0.717) is 31.0 Å². The first-order valence-corrected chi connectivity index (χ1v) is 10.7. The molecule has 31 heavy (non-hydrogen) atoms. The molecular formula is C24H26N2O5. The van der Waals surface area contributed by atoms with Crippen LogP contribution in [0, 0.1) is 0 Å². The topological polar surface area (TPSA) is 77.1 Å². The first kappa shape index (κ1) is 19.7. The summed E-state index contributed by atoms with van der Waals surface area (Å²) in [5.41, 5.74) is 1.52. The van der Waals surface area contributed by atoms with Crippen molar-refractivity contribution in [3.05, 3.63) is 53.6 Å². The van der Waals surface area contributed by atoms with Crippen LogP contribution in [0.4, 0.5) is 0 Å². The molecule has 0 aliphatic carbocycles. The number of piperidine rings is 1. The molecule has 1 atom stereocenters. The van der Waals surface area contributed by atoms with Gasteiger partial charge in [0.1, 0.15) is 11.4 Å². The van der Waals surface area contributed by atoms with Gasteiger partial charge in [-0.15, -0.1) is 0 Å². The monoisotopic (exact) mass is 422 g/mol. The van der Waals surface area contributed by atoms with Crippen molar-refractivity contribution in [2.75, 3.05) is 19.9 Å². The number of fused-ring (bicyclic) bond motifs is 2. The minimum atomic E-state index is -0.364. The molecule has 3 heterocycles. The molecule has 0 bridgehead atoms. The highest BCUT2D eigenvalue weighted by Crippen LogP contribution is 2.44. The molecule has 5 rings (SSSR count). The standard InChI is InChI=1S/C24H26N2O5/c1-16(27)26-10-8-24(9-11-26)14-19(18-4-2-3-5-20(18)31-24)25-23(28)13-17-6-7-21-22(12-17)30-15-29-21/h2-7,12,19H,8-11,13-15H2,1H3,(H,25,28). The van der Waals surface area contributed by atoms with E-state index in [1.807, 2.05) is 47.4 Å². The van der Waals surface area contributed by atoms with Crippen LogP contribution in [0.3, 0.4) is 0 Å². The van der Waals surface area contributed by atoms with Crippen LogP contribution < -0.4 is 19.5 Å². The highest BCUT2D eigenvalue weighted by atomic mass is 16.7. The van der Waals surface area contributed by atoms with Crippen molar-refractivity contribution in [1.29, 1.82) is 0 Å². The molecule has 1 unspecified atom stereocenters. The smallest absolute Gasteiger partial charge is 0.231 e. The molecule has 0 saturated carbocycles. The van der Waals surface area contributed by atoms with Gasteiger partial charge in [-0.3, -0.25) is 9.59 Å². The maximum Gasteiger partial charge on any atom is 0.231 e. The fraction of sp³-hybridized carbons (Fsp3) is 0.417. The van der Waals surface area contributed by atoms with Crippen molar-refractivity contribution in [2.24, 2.45) is 0 Å². The van der Waals surface area contributed by atoms with Crippen molar-refractivity contribution in [1.82, 2.24) is 10.2 Å². The molecule has 2 aromatic rings. The lowest BCUT2D eigenvalue weighted by Crippen LogP contribution is -2.53. The van der Waals surface area contributed by atoms with Crippen molar-refractivity contribution in [3.8, 4) is 17.2 Å². The second-order valence-electron chi connectivity index (χ2n) is 8.52. The maximum absolute atomic E-state index is 12.9. The van der Waals surface area contributed by atoms with Crippen molar-refractivity contribution in [3.63, 3.8) is 0 Å². The van der Waals surface area contributed by atoms with Crippen LogP contribution in [0.2, 0.25) is 0 Å². The number of benzene rings is 2. The minimum Gasteiger partial charge on any atom is -0.487 e. The van der Waals surface area contributed by atoms with E-state index in [2.05, 4.69) is 5.32 Å². The van der Waals surface area contributed by atoms with E-state index >= 15 is 0 Å². The number of carbonyl (C=O) groups is 2. The van der Waals surface area contributed by atoms with Crippen LogP contribution in [0.1, 0.15) is 43.4 Å². The van der Waals surface area contributed by atoms with Crippen molar-refractivity contribution >= 4 is 11.8 Å². The van der Waals surface area contributed by atoms with Crippen LogP contribution in [0.5, 0.6) is 17.2 Å².